The predicted molar refractivity (Wildman–Crippen MR) is 135 cm³/mol. The minimum atomic E-state index is -1.39. The van der Waals surface area contributed by atoms with Gasteiger partial charge in [0, 0.05) is 24.7 Å². The van der Waals surface area contributed by atoms with Gasteiger partial charge in [-0.25, -0.2) is 9.78 Å². The van der Waals surface area contributed by atoms with Gasteiger partial charge in [0.15, 0.2) is 0 Å². The molecule has 37 heavy (non-hydrogen) atoms. The molecule has 0 bridgehead atoms. The number of aromatic amines is 1. The molecule has 8 N–H and O–H groups in total. The molecular formula is C25H36N6O6. The monoisotopic (exact) mass is 516 g/mol. The zero-order chi connectivity index (χ0) is 27.5. The fourth-order valence-electron chi connectivity index (χ4n) is 3.65. The first-order valence-electron chi connectivity index (χ1n) is 12.1. The molecule has 0 spiro atoms. The van der Waals surface area contributed by atoms with E-state index >= 15 is 0 Å². The molecule has 12 nitrogen and oxygen atoms in total. The number of nitrogens with one attached hydrogen (secondary N) is 4. The van der Waals surface area contributed by atoms with Crippen LogP contribution in [0.15, 0.2) is 42.9 Å². The lowest BCUT2D eigenvalue weighted by Crippen LogP contribution is -2.61. The molecular weight excluding hydrogens is 480 g/mol. The molecule has 12 heteroatoms. The molecule has 3 amide bonds. The maximum atomic E-state index is 13.1. The van der Waals surface area contributed by atoms with E-state index in [1.54, 1.807) is 37.3 Å². The molecule has 0 saturated carbocycles. The van der Waals surface area contributed by atoms with Crippen LogP contribution in [0.25, 0.3) is 0 Å². The summed E-state index contributed by atoms with van der Waals surface area (Å²) in [6.45, 7) is 4.87. The number of amides is 3. The highest BCUT2D eigenvalue weighted by Crippen LogP contribution is 2.11. The van der Waals surface area contributed by atoms with Gasteiger partial charge in [-0.15, -0.1) is 0 Å². The number of nitrogens with zero attached hydrogens (tertiary/aromatic N) is 1. The van der Waals surface area contributed by atoms with E-state index in [9.17, 15) is 29.4 Å². The maximum Gasteiger partial charge on any atom is 0.326 e. The van der Waals surface area contributed by atoms with Crippen LogP contribution in [0.3, 0.4) is 0 Å². The second-order valence-corrected chi connectivity index (χ2v) is 9.08. The summed E-state index contributed by atoms with van der Waals surface area (Å²) in [4.78, 5) is 57.3. The molecule has 0 radical (unpaired) electrons. The van der Waals surface area contributed by atoms with Crippen molar-refractivity contribution in [3.8, 4) is 0 Å². The number of aliphatic hydroxyl groups is 1. The number of nitrogens with two attached hydrogens (primary N) is 1. The van der Waals surface area contributed by atoms with Gasteiger partial charge in [-0.1, -0.05) is 50.6 Å². The van der Waals surface area contributed by atoms with Crippen LogP contribution in [0.2, 0.25) is 0 Å². The lowest BCUT2D eigenvalue weighted by Gasteiger charge is -2.29. The number of carboxylic acid groups (broad SMARTS) is 1. The fourth-order valence-corrected chi connectivity index (χ4v) is 3.65. The number of aliphatic hydroxyl groups excluding tert-OH is 1. The predicted octanol–water partition coefficient (Wildman–Crippen LogP) is -0.512. The molecule has 2 rings (SSSR count). The number of aliphatic carboxylic acids is 1. The topological polar surface area (TPSA) is 200 Å². The Bertz CT molecular complexity index is 1030. The summed E-state index contributed by atoms with van der Waals surface area (Å²) in [7, 11) is 0. The van der Waals surface area contributed by atoms with Crippen LogP contribution in [0, 0.1) is 5.92 Å². The number of benzene rings is 1. The van der Waals surface area contributed by atoms with Crippen molar-refractivity contribution in [2.24, 2.45) is 11.7 Å². The summed E-state index contributed by atoms with van der Waals surface area (Å²) < 4.78 is 0. The Labute approximate surface area is 215 Å². The molecule has 0 aliphatic carbocycles. The summed E-state index contributed by atoms with van der Waals surface area (Å²) >= 11 is 0. The number of hydrogen-bond acceptors (Lipinski definition) is 7. The van der Waals surface area contributed by atoms with Crippen LogP contribution in [0.5, 0.6) is 0 Å². The van der Waals surface area contributed by atoms with Crippen molar-refractivity contribution >= 4 is 23.7 Å². The van der Waals surface area contributed by atoms with Gasteiger partial charge in [0.1, 0.15) is 18.1 Å². The molecule has 1 heterocycles. The summed E-state index contributed by atoms with van der Waals surface area (Å²) in [6, 6.07) is 4.11. The van der Waals surface area contributed by atoms with Crippen LogP contribution >= 0.6 is 0 Å². The van der Waals surface area contributed by atoms with Gasteiger partial charge in [0.05, 0.1) is 18.5 Å². The minimum Gasteiger partial charge on any atom is -0.480 e. The van der Waals surface area contributed by atoms with Gasteiger partial charge in [0.25, 0.3) is 0 Å². The summed E-state index contributed by atoms with van der Waals surface area (Å²) in [5.74, 6) is -3.74. The van der Waals surface area contributed by atoms with Gasteiger partial charge in [-0.2, -0.15) is 0 Å². The number of hydrogen-bond donors (Lipinski definition) is 7. The van der Waals surface area contributed by atoms with Crippen LogP contribution < -0.4 is 21.7 Å². The Morgan fingerprint density at radius 1 is 0.973 bits per heavy atom. The lowest BCUT2D eigenvalue weighted by atomic mass is 9.96. The van der Waals surface area contributed by atoms with E-state index in [0.29, 0.717) is 12.1 Å². The number of aromatic nitrogens is 2. The van der Waals surface area contributed by atoms with Crippen LogP contribution in [-0.4, -0.2) is 74.1 Å². The molecule has 0 aliphatic rings. The molecule has 1 aromatic carbocycles. The SMILES string of the molecule is CCC(C)C(NC(=O)C(NC(=O)C(N)Cc1cnc[nH]1)C(C)O)C(=O)NC(Cc1ccccc1)C(=O)O. The molecule has 1 aromatic heterocycles. The van der Waals surface area contributed by atoms with Crippen molar-refractivity contribution < 1.29 is 29.4 Å². The van der Waals surface area contributed by atoms with Gasteiger partial charge >= 0.3 is 5.97 Å². The van der Waals surface area contributed by atoms with Gasteiger partial charge in [-0.05, 0) is 18.4 Å². The second-order valence-electron chi connectivity index (χ2n) is 9.08. The maximum absolute atomic E-state index is 13.1. The zero-order valence-electron chi connectivity index (χ0n) is 21.2. The van der Waals surface area contributed by atoms with E-state index in [0.717, 1.165) is 5.56 Å². The van der Waals surface area contributed by atoms with Crippen molar-refractivity contribution in [3.63, 3.8) is 0 Å². The van der Waals surface area contributed by atoms with Crippen molar-refractivity contribution in [2.75, 3.05) is 0 Å². The first-order valence-corrected chi connectivity index (χ1v) is 12.1. The Hall–Kier alpha value is -3.77. The third-order valence-corrected chi connectivity index (χ3v) is 6.08. The summed E-state index contributed by atoms with van der Waals surface area (Å²) in [5.41, 5.74) is 7.28. The molecule has 6 unspecified atom stereocenters. The van der Waals surface area contributed by atoms with Crippen molar-refractivity contribution in [3.05, 3.63) is 54.1 Å². The second kappa shape index (κ2) is 14.1. The Balaban J connectivity index is 2.10. The van der Waals surface area contributed by atoms with Crippen LogP contribution in [0.1, 0.15) is 38.4 Å². The van der Waals surface area contributed by atoms with Crippen LogP contribution in [0.4, 0.5) is 0 Å². The highest BCUT2D eigenvalue weighted by atomic mass is 16.4. The number of carbonyl (C=O) groups is 4. The quantitative estimate of drug-likeness (QED) is 0.174. The van der Waals surface area contributed by atoms with E-state index in [4.69, 9.17) is 5.73 Å². The van der Waals surface area contributed by atoms with Crippen molar-refractivity contribution in [2.45, 2.75) is 70.3 Å². The third-order valence-electron chi connectivity index (χ3n) is 6.08. The molecule has 0 fully saturated rings. The zero-order valence-corrected chi connectivity index (χ0v) is 21.2. The normalized spacial score (nSPS) is 15.9. The Morgan fingerprint density at radius 3 is 2.14 bits per heavy atom. The van der Waals surface area contributed by atoms with E-state index < -0.39 is 54.0 Å². The Morgan fingerprint density at radius 2 is 1.59 bits per heavy atom. The molecule has 0 aliphatic heterocycles. The first-order chi connectivity index (χ1) is 17.5. The van der Waals surface area contributed by atoms with Gasteiger partial charge in [0.2, 0.25) is 17.7 Å². The van der Waals surface area contributed by atoms with E-state index in [-0.39, 0.29) is 18.8 Å². The summed E-state index contributed by atoms with van der Waals surface area (Å²) in [6.07, 6.45) is 2.35. The number of H-pyrrole nitrogens is 1. The fraction of sp³-hybridized carbons (Fsp3) is 0.480. The highest BCUT2D eigenvalue weighted by Gasteiger charge is 2.34. The molecule has 202 valence electrons. The van der Waals surface area contributed by atoms with Crippen molar-refractivity contribution in [1.29, 1.82) is 0 Å². The lowest BCUT2D eigenvalue weighted by molar-refractivity contribution is -0.142. The van der Waals surface area contributed by atoms with Crippen molar-refractivity contribution in [1.82, 2.24) is 25.9 Å². The Kier molecular flexibility index (Phi) is 11.2. The van der Waals surface area contributed by atoms with E-state index in [1.807, 2.05) is 6.92 Å². The van der Waals surface area contributed by atoms with E-state index in [1.165, 1.54) is 19.4 Å². The van der Waals surface area contributed by atoms with Gasteiger partial charge in [-0.3, -0.25) is 14.4 Å². The number of rotatable bonds is 14. The first kappa shape index (κ1) is 29.5. The third kappa shape index (κ3) is 8.99. The summed E-state index contributed by atoms with van der Waals surface area (Å²) in [5, 5.41) is 27.3. The van der Waals surface area contributed by atoms with Gasteiger partial charge < -0.3 is 36.9 Å². The molecule has 0 saturated heterocycles. The number of carboxylic acids is 1. The standard InChI is InChI=1S/C25H36N6O6/c1-4-14(2)20(23(34)29-19(25(36)37)10-16-8-6-5-7-9-16)30-24(35)21(15(3)32)31-22(33)18(26)11-17-12-27-13-28-17/h5-9,12-15,18-21,32H,4,10-11,26H2,1-3H3,(H,27,28)(H,29,34)(H,30,35)(H,31,33)(H,36,37). The van der Waals surface area contributed by atoms with E-state index in [2.05, 4.69) is 25.9 Å². The average Bonchev–Trinajstić information content (AvgIpc) is 3.37. The molecule has 6 atom stereocenters. The number of imidazole rings is 1. The smallest absolute Gasteiger partial charge is 0.326 e. The number of carbonyl (C=O) groups excluding carboxylic acids is 3. The minimum absolute atomic E-state index is 0.0592. The van der Waals surface area contributed by atoms with Crippen LogP contribution in [-0.2, 0) is 32.0 Å². The molecule has 2 aromatic rings. The largest absolute Gasteiger partial charge is 0.480 e. The average molecular weight is 517 g/mol. The highest BCUT2D eigenvalue weighted by molar-refractivity contribution is 5.94.